The van der Waals surface area contributed by atoms with Gasteiger partial charge in [0, 0.05) is 0 Å². The Morgan fingerprint density at radius 3 is 1.73 bits per heavy atom. The standard InChI is InChI=1S/C7H10F3O4P/c1-3-5-12-15(11,13-6-4-2)14-7(8,9)10/h3-6H,1-2H3. The molecule has 0 atom stereocenters. The lowest BCUT2D eigenvalue weighted by Crippen LogP contribution is -2.12. The quantitative estimate of drug-likeness (QED) is 0.547. The van der Waals surface area contributed by atoms with Crippen LogP contribution >= 0.6 is 7.82 Å². The molecule has 0 spiro atoms. The summed E-state index contributed by atoms with van der Waals surface area (Å²) in [5.41, 5.74) is 0. The molecule has 0 aromatic heterocycles. The van der Waals surface area contributed by atoms with Crippen molar-refractivity contribution in [2.75, 3.05) is 0 Å². The molecule has 15 heavy (non-hydrogen) atoms. The molecular weight excluding hydrogens is 236 g/mol. The van der Waals surface area contributed by atoms with Crippen LogP contribution in [0.4, 0.5) is 13.2 Å². The smallest absolute Gasteiger partial charge is 0.403 e. The monoisotopic (exact) mass is 246 g/mol. The first-order valence-electron chi connectivity index (χ1n) is 3.79. The minimum Gasteiger partial charge on any atom is -0.403 e. The summed E-state index contributed by atoms with van der Waals surface area (Å²) in [4.78, 5) is 0. The van der Waals surface area contributed by atoms with Crippen LogP contribution in [-0.2, 0) is 18.1 Å². The zero-order valence-electron chi connectivity index (χ0n) is 8.02. The van der Waals surface area contributed by atoms with Gasteiger partial charge in [-0.1, -0.05) is 12.2 Å². The summed E-state index contributed by atoms with van der Waals surface area (Å²) in [6.07, 6.45) is -1.04. The molecular formula is C7H10F3O4P. The highest BCUT2D eigenvalue weighted by Crippen LogP contribution is 2.54. The highest BCUT2D eigenvalue weighted by molar-refractivity contribution is 7.48. The Labute approximate surface area is 84.9 Å². The molecule has 0 rings (SSSR count). The average molecular weight is 246 g/mol. The first-order valence-corrected chi connectivity index (χ1v) is 5.25. The van der Waals surface area contributed by atoms with Gasteiger partial charge in [0.25, 0.3) is 0 Å². The number of phosphoric ester groups is 1. The second-order valence-corrected chi connectivity index (χ2v) is 3.63. The minimum absolute atomic E-state index is 0.788. The van der Waals surface area contributed by atoms with Crippen molar-refractivity contribution in [3.05, 3.63) is 24.7 Å². The first-order chi connectivity index (χ1) is 6.83. The van der Waals surface area contributed by atoms with Crippen LogP contribution < -0.4 is 0 Å². The zero-order chi connectivity index (χ0) is 11.9. The Morgan fingerprint density at radius 2 is 1.47 bits per heavy atom. The molecule has 0 unspecified atom stereocenters. The minimum atomic E-state index is -5.10. The van der Waals surface area contributed by atoms with E-state index in [0.717, 1.165) is 12.5 Å². The SMILES string of the molecule is CC=COP(=O)(OC=CC)OC(F)(F)F. The molecule has 0 heterocycles. The number of rotatable bonds is 5. The van der Waals surface area contributed by atoms with Gasteiger partial charge in [0.15, 0.2) is 0 Å². The molecule has 0 bridgehead atoms. The molecule has 0 N–H and O–H groups in total. The van der Waals surface area contributed by atoms with Crippen molar-refractivity contribution >= 4 is 7.82 Å². The van der Waals surface area contributed by atoms with Crippen LogP contribution in [0.5, 0.6) is 0 Å². The summed E-state index contributed by atoms with van der Waals surface area (Å²) in [6.45, 7) is 2.93. The molecule has 0 fully saturated rings. The molecule has 4 nitrogen and oxygen atoms in total. The summed E-state index contributed by atoms with van der Waals surface area (Å²) >= 11 is 0. The summed E-state index contributed by atoms with van der Waals surface area (Å²) in [5, 5.41) is 0. The third-order valence-electron chi connectivity index (χ3n) is 0.867. The Bertz CT molecular complexity index is 266. The van der Waals surface area contributed by atoms with Gasteiger partial charge in [0.2, 0.25) is 0 Å². The Kier molecular flexibility index (Phi) is 5.46. The van der Waals surface area contributed by atoms with E-state index in [1.54, 1.807) is 0 Å². The van der Waals surface area contributed by atoms with E-state index in [2.05, 4.69) is 13.6 Å². The number of alkyl halides is 3. The Balaban J connectivity index is 4.62. The van der Waals surface area contributed by atoms with Crippen molar-refractivity contribution in [2.24, 2.45) is 0 Å². The predicted molar refractivity (Wildman–Crippen MR) is 46.5 cm³/mol. The summed E-state index contributed by atoms with van der Waals surface area (Å²) in [7, 11) is -4.67. The van der Waals surface area contributed by atoms with E-state index in [-0.39, 0.29) is 0 Å². The average Bonchev–Trinajstić information content (AvgIpc) is 2.09. The van der Waals surface area contributed by atoms with Crippen LogP contribution in [0.15, 0.2) is 24.7 Å². The Morgan fingerprint density at radius 1 is 1.07 bits per heavy atom. The highest BCUT2D eigenvalue weighted by Gasteiger charge is 2.44. The zero-order valence-corrected chi connectivity index (χ0v) is 8.92. The van der Waals surface area contributed by atoms with E-state index in [1.807, 2.05) is 0 Å². The van der Waals surface area contributed by atoms with E-state index < -0.39 is 14.2 Å². The van der Waals surface area contributed by atoms with Gasteiger partial charge in [0.05, 0.1) is 12.5 Å². The topological polar surface area (TPSA) is 44.8 Å². The molecule has 0 aliphatic carbocycles. The van der Waals surface area contributed by atoms with Gasteiger partial charge in [-0.15, -0.1) is 13.2 Å². The summed E-state index contributed by atoms with van der Waals surface area (Å²) in [6, 6.07) is 0. The largest absolute Gasteiger partial charge is 0.593 e. The third-order valence-corrected chi connectivity index (χ3v) is 2.06. The molecule has 0 amide bonds. The maximum Gasteiger partial charge on any atom is 0.593 e. The van der Waals surface area contributed by atoms with Gasteiger partial charge >= 0.3 is 14.2 Å². The lowest BCUT2D eigenvalue weighted by molar-refractivity contribution is -0.282. The lowest BCUT2D eigenvalue weighted by Gasteiger charge is -2.15. The molecule has 8 heteroatoms. The highest BCUT2D eigenvalue weighted by atomic mass is 31.2. The number of hydrogen-bond donors (Lipinski definition) is 0. The third kappa shape index (κ3) is 7.04. The molecule has 0 radical (unpaired) electrons. The van der Waals surface area contributed by atoms with Crippen molar-refractivity contribution in [3.8, 4) is 0 Å². The van der Waals surface area contributed by atoms with E-state index >= 15 is 0 Å². The fraction of sp³-hybridized carbons (Fsp3) is 0.429. The lowest BCUT2D eigenvalue weighted by atomic mass is 10.8. The van der Waals surface area contributed by atoms with Crippen molar-refractivity contribution in [2.45, 2.75) is 20.2 Å². The number of phosphoric acid groups is 1. The second kappa shape index (κ2) is 5.82. The molecule has 0 saturated heterocycles. The van der Waals surface area contributed by atoms with Crippen LogP contribution in [0, 0.1) is 0 Å². The fourth-order valence-corrected chi connectivity index (χ4v) is 1.40. The second-order valence-electron chi connectivity index (χ2n) is 2.13. The van der Waals surface area contributed by atoms with E-state index in [4.69, 9.17) is 0 Å². The van der Waals surface area contributed by atoms with Gasteiger partial charge in [-0.25, -0.2) is 4.57 Å². The van der Waals surface area contributed by atoms with Crippen molar-refractivity contribution in [3.63, 3.8) is 0 Å². The number of allylic oxidation sites excluding steroid dienone is 2. The van der Waals surface area contributed by atoms with Gasteiger partial charge in [-0.2, -0.15) is 4.52 Å². The van der Waals surface area contributed by atoms with Crippen LogP contribution in [0.25, 0.3) is 0 Å². The maximum absolute atomic E-state index is 11.8. The van der Waals surface area contributed by atoms with E-state index in [9.17, 15) is 17.7 Å². The van der Waals surface area contributed by atoms with E-state index in [1.165, 1.54) is 26.0 Å². The van der Waals surface area contributed by atoms with Crippen LogP contribution in [0.1, 0.15) is 13.8 Å². The van der Waals surface area contributed by atoms with Crippen molar-refractivity contribution in [1.29, 1.82) is 0 Å². The Hall–Kier alpha value is -0.940. The molecule has 0 aromatic rings. The van der Waals surface area contributed by atoms with Crippen molar-refractivity contribution in [1.82, 2.24) is 0 Å². The van der Waals surface area contributed by atoms with E-state index in [0.29, 0.717) is 0 Å². The maximum atomic E-state index is 11.8. The van der Waals surface area contributed by atoms with Crippen LogP contribution in [0.2, 0.25) is 0 Å². The number of hydrogen-bond acceptors (Lipinski definition) is 4. The molecule has 0 aliphatic heterocycles. The molecule has 88 valence electrons. The summed E-state index contributed by atoms with van der Waals surface area (Å²) < 4.78 is 58.3. The van der Waals surface area contributed by atoms with Gasteiger partial charge < -0.3 is 9.05 Å². The normalized spacial score (nSPS) is 16.9. The van der Waals surface area contributed by atoms with Crippen molar-refractivity contribution < 1.29 is 31.3 Å². The number of halogens is 3. The molecule has 0 saturated carbocycles. The van der Waals surface area contributed by atoms with Gasteiger partial charge in [-0.3, -0.25) is 0 Å². The summed E-state index contributed by atoms with van der Waals surface area (Å²) in [5.74, 6) is 0. The molecule has 0 aromatic carbocycles. The van der Waals surface area contributed by atoms with Gasteiger partial charge in [-0.05, 0) is 13.8 Å². The fourth-order valence-electron chi connectivity index (χ4n) is 0.465. The van der Waals surface area contributed by atoms with Crippen LogP contribution in [-0.4, -0.2) is 6.36 Å². The predicted octanol–water partition coefficient (Wildman–Crippen LogP) is 3.73. The molecule has 0 aliphatic rings. The van der Waals surface area contributed by atoms with Gasteiger partial charge in [0.1, 0.15) is 0 Å². The van der Waals surface area contributed by atoms with Crippen LogP contribution in [0.3, 0.4) is 0 Å². The first kappa shape index (κ1) is 14.1.